The molecule has 0 spiro atoms. The zero-order valence-corrected chi connectivity index (χ0v) is 19.6. The Morgan fingerprint density at radius 3 is 2.13 bits per heavy atom. The Kier molecular flexibility index (Phi) is 8.51. The molecule has 1 aliphatic rings. The first kappa shape index (κ1) is 29.0. The van der Waals surface area contributed by atoms with Crippen LogP contribution in [0.25, 0.3) is 22.5 Å². The third kappa shape index (κ3) is 7.49. The van der Waals surface area contributed by atoms with Gasteiger partial charge in [-0.15, -0.1) is 0 Å². The van der Waals surface area contributed by atoms with Gasteiger partial charge in [0.2, 0.25) is 0 Å². The Morgan fingerprint density at radius 1 is 0.923 bits per heavy atom. The molecular formula is C24H18F6N4O5. The molecule has 3 N–H and O–H groups in total. The molecule has 4 heterocycles. The van der Waals surface area contributed by atoms with E-state index in [-0.39, 0.29) is 12.3 Å². The number of Topliss-reactive ketones (excluding diaryl/α,β-unsaturated/α-hetero) is 2. The van der Waals surface area contributed by atoms with Crippen LogP contribution in [0, 0.1) is 0 Å². The monoisotopic (exact) mass is 556 g/mol. The van der Waals surface area contributed by atoms with Crippen molar-refractivity contribution in [2.24, 2.45) is 0 Å². The van der Waals surface area contributed by atoms with Crippen LogP contribution in [-0.2, 0) is 27.2 Å². The highest BCUT2D eigenvalue weighted by molar-refractivity contribution is 6.41. The number of halogens is 6. The van der Waals surface area contributed by atoms with Gasteiger partial charge < -0.3 is 15.4 Å². The summed E-state index contributed by atoms with van der Waals surface area (Å²) in [6.07, 6.45) is -6.86. The van der Waals surface area contributed by atoms with Gasteiger partial charge >= 0.3 is 29.9 Å². The molecule has 4 rings (SSSR count). The second-order valence-corrected chi connectivity index (χ2v) is 8.10. The molecule has 1 aliphatic heterocycles. The number of rotatable bonds is 6. The quantitative estimate of drug-likeness (QED) is 0.311. The highest BCUT2D eigenvalue weighted by Gasteiger charge is 2.54. The number of H-pyrrole nitrogens is 1. The predicted octanol–water partition coefficient (Wildman–Crippen LogP) is 3.69. The number of ketones is 2. The number of carbonyl (C=O) groups is 4. The van der Waals surface area contributed by atoms with Gasteiger partial charge in [-0.2, -0.15) is 26.3 Å². The van der Waals surface area contributed by atoms with Gasteiger partial charge in [0.25, 0.3) is 5.91 Å². The van der Waals surface area contributed by atoms with Gasteiger partial charge in [0.15, 0.2) is 0 Å². The lowest BCUT2D eigenvalue weighted by Crippen LogP contribution is -2.39. The number of aryl methyl sites for hydroxylation is 1. The van der Waals surface area contributed by atoms with Crippen molar-refractivity contribution in [1.82, 2.24) is 20.3 Å². The summed E-state index contributed by atoms with van der Waals surface area (Å²) in [6, 6.07) is 9.43. The van der Waals surface area contributed by atoms with Crippen LogP contribution in [0.1, 0.15) is 28.2 Å². The molecule has 39 heavy (non-hydrogen) atoms. The minimum atomic E-state index is -5.77. The fraction of sp³-hybridized carbons (Fsp3) is 0.250. The maximum Gasteiger partial charge on any atom is 0.458 e. The van der Waals surface area contributed by atoms with E-state index < -0.39 is 29.9 Å². The number of aromatic nitrogens is 3. The molecule has 1 amide bonds. The largest absolute Gasteiger partial charge is 0.481 e. The number of hydrogen-bond donors (Lipinski definition) is 3. The number of alkyl halides is 6. The minimum Gasteiger partial charge on any atom is -0.481 e. The number of amides is 1. The molecule has 3 aromatic heterocycles. The standard InChI is InChI=1S/C20H18N4O3.C4F6O2/c25-19(26)4-3-14-2-1-13(11-23-14)17-9-12(5-7-21-17)18-10-15-16(24-18)6-8-22-20(15)27;5-3(6,7)1(11)2(12)4(8,9)10/h1-2,5,7,9-11,24H,3-4,6,8H2,(H,22,27)(H,25,26);. The van der Waals surface area contributed by atoms with Gasteiger partial charge in [0.1, 0.15) is 0 Å². The molecule has 0 saturated heterocycles. The Hall–Kier alpha value is -4.56. The summed E-state index contributed by atoms with van der Waals surface area (Å²) in [4.78, 5) is 53.9. The number of aliphatic carboxylic acids is 1. The molecule has 0 atom stereocenters. The fourth-order valence-electron chi connectivity index (χ4n) is 3.42. The number of carboxylic acid groups (broad SMARTS) is 1. The molecule has 206 valence electrons. The number of hydrogen-bond acceptors (Lipinski definition) is 6. The van der Waals surface area contributed by atoms with E-state index in [4.69, 9.17) is 5.11 Å². The number of carbonyl (C=O) groups excluding carboxylic acids is 3. The first-order chi connectivity index (χ1) is 18.2. The number of pyridine rings is 2. The molecule has 0 saturated carbocycles. The first-order valence-electron chi connectivity index (χ1n) is 11.0. The average molecular weight is 556 g/mol. The summed E-state index contributed by atoms with van der Waals surface area (Å²) in [7, 11) is 0. The van der Waals surface area contributed by atoms with E-state index in [1.807, 2.05) is 30.3 Å². The third-order valence-corrected chi connectivity index (χ3v) is 5.31. The summed E-state index contributed by atoms with van der Waals surface area (Å²) in [5.74, 6) is -7.70. The first-order valence-corrected chi connectivity index (χ1v) is 11.0. The van der Waals surface area contributed by atoms with E-state index in [1.54, 1.807) is 12.4 Å². The molecule has 9 nitrogen and oxygen atoms in total. The molecule has 0 aliphatic carbocycles. The van der Waals surface area contributed by atoms with Gasteiger partial charge in [-0.05, 0) is 30.3 Å². The SMILES string of the molecule is O=C(C(=O)C(F)(F)F)C(F)(F)F.O=C(O)CCc1ccc(-c2cc(-c3cc4c([nH]3)CCNC4=O)ccn2)cn1. The van der Waals surface area contributed by atoms with Crippen molar-refractivity contribution in [3.63, 3.8) is 0 Å². The molecular weight excluding hydrogens is 538 g/mol. The van der Waals surface area contributed by atoms with Crippen molar-refractivity contribution in [1.29, 1.82) is 0 Å². The topological polar surface area (TPSA) is 142 Å². The minimum absolute atomic E-state index is 0.0471. The van der Waals surface area contributed by atoms with E-state index in [0.29, 0.717) is 18.5 Å². The lowest BCUT2D eigenvalue weighted by atomic mass is 10.1. The molecule has 15 heteroatoms. The van der Waals surface area contributed by atoms with Gasteiger partial charge in [-0.3, -0.25) is 29.1 Å². The summed E-state index contributed by atoms with van der Waals surface area (Å²) >= 11 is 0. The highest BCUT2D eigenvalue weighted by atomic mass is 19.4. The summed E-state index contributed by atoms with van der Waals surface area (Å²) in [5.41, 5.74) is 5.83. The van der Waals surface area contributed by atoms with Crippen LogP contribution in [0.5, 0.6) is 0 Å². The zero-order valence-electron chi connectivity index (χ0n) is 19.6. The highest BCUT2D eigenvalue weighted by Crippen LogP contribution is 2.27. The van der Waals surface area contributed by atoms with Gasteiger partial charge in [-0.25, -0.2) is 0 Å². The van der Waals surface area contributed by atoms with E-state index in [2.05, 4.69) is 20.3 Å². The lowest BCUT2D eigenvalue weighted by molar-refractivity contribution is -0.193. The fourth-order valence-corrected chi connectivity index (χ4v) is 3.42. The maximum absolute atomic E-state index is 12.0. The molecule has 0 aromatic carbocycles. The summed E-state index contributed by atoms with van der Waals surface area (Å²) in [6.45, 7) is 0.646. The zero-order chi connectivity index (χ0) is 29.0. The van der Waals surface area contributed by atoms with Crippen molar-refractivity contribution in [2.75, 3.05) is 6.54 Å². The van der Waals surface area contributed by atoms with Crippen LogP contribution in [0.4, 0.5) is 26.3 Å². The maximum atomic E-state index is 12.0. The van der Waals surface area contributed by atoms with Crippen LogP contribution in [0.15, 0.2) is 42.7 Å². The van der Waals surface area contributed by atoms with Gasteiger partial charge in [0, 0.05) is 60.0 Å². The van der Waals surface area contributed by atoms with Crippen LogP contribution in [0.3, 0.4) is 0 Å². The normalized spacial score (nSPS) is 13.0. The van der Waals surface area contributed by atoms with Crippen LogP contribution >= 0.6 is 0 Å². The van der Waals surface area contributed by atoms with Crippen molar-refractivity contribution in [3.8, 4) is 22.5 Å². The summed E-state index contributed by atoms with van der Waals surface area (Å²) in [5, 5.41) is 11.6. The Labute approximate surface area is 215 Å². The Morgan fingerprint density at radius 2 is 1.59 bits per heavy atom. The van der Waals surface area contributed by atoms with Crippen LogP contribution < -0.4 is 5.32 Å². The molecule has 0 bridgehead atoms. The van der Waals surface area contributed by atoms with Crippen molar-refractivity contribution < 1.29 is 50.6 Å². The molecule has 3 aromatic rings. The van der Waals surface area contributed by atoms with E-state index in [0.717, 1.165) is 40.3 Å². The number of fused-ring (bicyclic) bond motifs is 1. The lowest BCUT2D eigenvalue weighted by Gasteiger charge is -2.10. The predicted molar refractivity (Wildman–Crippen MR) is 121 cm³/mol. The molecule has 0 unspecified atom stereocenters. The van der Waals surface area contributed by atoms with Crippen LogP contribution in [-0.4, -0.2) is 62.4 Å². The number of nitrogens with zero attached hydrogens (tertiary/aromatic N) is 2. The Bertz CT molecular complexity index is 1370. The average Bonchev–Trinajstić information content (AvgIpc) is 3.32. The number of aromatic amines is 1. The van der Waals surface area contributed by atoms with E-state index in [9.17, 15) is 45.5 Å². The smallest absolute Gasteiger partial charge is 0.458 e. The van der Waals surface area contributed by atoms with E-state index in [1.165, 1.54) is 0 Å². The number of nitrogens with one attached hydrogen (secondary N) is 2. The van der Waals surface area contributed by atoms with Crippen LogP contribution in [0.2, 0.25) is 0 Å². The second kappa shape index (κ2) is 11.4. The summed E-state index contributed by atoms with van der Waals surface area (Å²) < 4.78 is 67.0. The second-order valence-electron chi connectivity index (χ2n) is 8.10. The molecule has 0 fully saturated rings. The Balaban J connectivity index is 0.000000298. The number of carboxylic acids is 1. The van der Waals surface area contributed by atoms with Crippen molar-refractivity contribution in [2.45, 2.75) is 31.6 Å². The van der Waals surface area contributed by atoms with Gasteiger partial charge in [0.05, 0.1) is 17.7 Å². The van der Waals surface area contributed by atoms with E-state index >= 15 is 0 Å². The third-order valence-electron chi connectivity index (χ3n) is 5.31. The van der Waals surface area contributed by atoms with Crippen molar-refractivity contribution >= 4 is 23.4 Å². The van der Waals surface area contributed by atoms with Crippen molar-refractivity contribution in [3.05, 3.63) is 59.7 Å². The molecule has 0 radical (unpaired) electrons. The van der Waals surface area contributed by atoms with Gasteiger partial charge in [-0.1, -0.05) is 0 Å².